The smallest absolute Gasteiger partial charge is 0.273 e. The van der Waals surface area contributed by atoms with Crippen molar-refractivity contribution in [1.82, 2.24) is 10.6 Å². The van der Waals surface area contributed by atoms with E-state index in [0.717, 1.165) is 0 Å². The van der Waals surface area contributed by atoms with Crippen molar-refractivity contribution in [3.8, 4) is 0 Å². The van der Waals surface area contributed by atoms with E-state index >= 15 is 0 Å². The van der Waals surface area contributed by atoms with Gasteiger partial charge < -0.3 is 10.6 Å². The maximum atomic E-state index is 11.8. The third-order valence-corrected chi connectivity index (χ3v) is 3.15. The molecule has 116 valence electrons. The number of amides is 1. The van der Waals surface area contributed by atoms with E-state index < -0.39 is 11.0 Å². The number of nitrogens with one attached hydrogen (secondary N) is 2. The summed E-state index contributed by atoms with van der Waals surface area (Å²) in [4.78, 5) is 22.3. The average Bonchev–Trinajstić information content (AvgIpc) is 2.41. The molecule has 1 amide bonds. The van der Waals surface area contributed by atoms with E-state index in [1.54, 1.807) is 6.92 Å². The number of benzene rings is 1. The van der Waals surface area contributed by atoms with Crippen molar-refractivity contribution in [2.75, 3.05) is 6.54 Å². The van der Waals surface area contributed by atoms with E-state index in [1.807, 2.05) is 13.8 Å². The summed E-state index contributed by atoms with van der Waals surface area (Å²) in [6.07, 6.45) is 0. The van der Waals surface area contributed by atoms with Gasteiger partial charge in [-0.05, 0) is 25.0 Å². The largest absolute Gasteiger partial charge is 0.354 e. The van der Waals surface area contributed by atoms with Crippen LogP contribution in [-0.4, -0.2) is 23.4 Å². The van der Waals surface area contributed by atoms with Gasteiger partial charge in [0.1, 0.15) is 0 Å². The van der Waals surface area contributed by atoms with Gasteiger partial charge in [0, 0.05) is 29.7 Å². The van der Waals surface area contributed by atoms with Crippen LogP contribution in [0, 0.1) is 16.0 Å². The minimum atomic E-state index is -0.461. The number of nitro groups is 1. The zero-order valence-electron chi connectivity index (χ0n) is 12.4. The molecule has 0 spiro atoms. The molecule has 1 aromatic rings. The molecule has 0 radical (unpaired) electrons. The lowest BCUT2D eigenvalue weighted by Gasteiger charge is -2.15. The van der Waals surface area contributed by atoms with Crippen molar-refractivity contribution in [2.45, 2.75) is 33.4 Å². The molecule has 21 heavy (non-hydrogen) atoms. The first-order valence-electron chi connectivity index (χ1n) is 6.75. The van der Waals surface area contributed by atoms with Gasteiger partial charge in [0.2, 0.25) is 5.91 Å². The summed E-state index contributed by atoms with van der Waals surface area (Å²) in [6, 6.07) is 3.93. The highest BCUT2D eigenvalue weighted by Crippen LogP contribution is 2.22. The van der Waals surface area contributed by atoms with Crippen LogP contribution in [0.15, 0.2) is 18.2 Å². The first kappa shape index (κ1) is 17.4. The number of hydrogen-bond acceptors (Lipinski definition) is 4. The fourth-order valence-electron chi connectivity index (χ4n) is 1.69. The van der Waals surface area contributed by atoms with Gasteiger partial charge in [-0.3, -0.25) is 14.9 Å². The Bertz CT molecular complexity index is 520. The van der Waals surface area contributed by atoms with Crippen molar-refractivity contribution in [1.29, 1.82) is 0 Å². The molecule has 0 aliphatic rings. The molecule has 2 N–H and O–H groups in total. The predicted molar refractivity (Wildman–Crippen MR) is 82.3 cm³/mol. The zero-order chi connectivity index (χ0) is 16.0. The number of hydrogen-bond donors (Lipinski definition) is 2. The van der Waals surface area contributed by atoms with Crippen molar-refractivity contribution in [3.05, 3.63) is 38.9 Å². The van der Waals surface area contributed by atoms with Gasteiger partial charge >= 0.3 is 0 Å². The highest BCUT2D eigenvalue weighted by molar-refractivity contribution is 6.30. The summed E-state index contributed by atoms with van der Waals surface area (Å²) in [7, 11) is 0. The second-order valence-corrected chi connectivity index (χ2v) is 5.71. The maximum Gasteiger partial charge on any atom is 0.273 e. The quantitative estimate of drug-likeness (QED) is 0.598. The third-order valence-electron chi connectivity index (χ3n) is 2.91. The Morgan fingerprint density at radius 3 is 2.62 bits per heavy atom. The monoisotopic (exact) mass is 313 g/mol. The Kier molecular flexibility index (Phi) is 6.58. The molecular weight excluding hydrogens is 294 g/mol. The lowest BCUT2D eigenvalue weighted by Crippen LogP contribution is -2.43. The minimum absolute atomic E-state index is 0.0123. The van der Waals surface area contributed by atoms with E-state index in [1.165, 1.54) is 18.2 Å². The summed E-state index contributed by atoms with van der Waals surface area (Å²) in [6.45, 7) is 6.53. The lowest BCUT2D eigenvalue weighted by atomic mass is 10.1. The Balaban J connectivity index is 2.64. The van der Waals surface area contributed by atoms with Crippen LogP contribution in [0.1, 0.15) is 26.3 Å². The maximum absolute atomic E-state index is 11.8. The Labute approximate surface area is 129 Å². The minimum Gasteiger partial charge on any atom is -0.354 e. The van der Waals surface area contributed by atoms with Crippen LogP contribution >= 0.6 is 11.6 Å². The molecule has 1 rings (SSSR count). The van der Waals surface area contributed by atoms with Crippen molar-refractivity contribution in [2.24, 2.45) is 5.92 Å². The van der Waals surface area contributed by atoms with Gasteiger partial charge in [-0.1, -0.05) is 25.4 Å². The number of rotatable bonds is 7. The molecule has 0 aliphatic heterocycles. The molecule has 0 saturated carbocycles. The number of halogens is 1. The van der Waals surface area contributed by atoms with Crippen LogP contribution in [0.3, 0.4) is 0 Å². The van der Waals surface area contributed by atoms with Gasteiger partial charge in [-0.15, -0.1) is 0 Å². The Morgan fingerprint density at radius 2 is 2.05 bits per heavy atom. The van der Waals surface area contributed by atoms with E-state index in [0.29, 0.717) is 23.0 Å². The van der Waals surface area contributed by atoms with Gasteiger partial charge in [-0.25, -0.2) is 0 Å². The number of carbonyl (C=O) groups is 1. The van der Waals surface area contributed by atoms with E-state index in [4.69, 9.17) is 11.6 Å². The molecule has 7 heteroatoms. The average molecular weight is 314 g/mol. The highest BCUT2D eigenvalue weighted by Gasteiger charge is 2.17. The first-order chi connectivity index (χ1) is 9.81. The van der Waals surface area contributed by atoms with Crippen LogP contribution in [0.2, 0.25) is 5.02 Å². The summed E-state index contributed by atoms with van der Waals surface area (Å²) in [5.74, 6) is 0.239. The van der Waals surface area contributed by atoms with Crippen molar-refractivity contribution in [3.63, 3.8) is 0 Å². The topological polar surface area (TPSA) is 84.3 Å². The first-order valence-corrected chi connectivity index (χ1v) is 7.13. The van der Waals surface area contributed by atoms with Crippen LogP contribution in [0.5, 0.6) is 0 Å². The van der Waals surface area contributed by atoms with Gasteiger partial charge in [-0.2, -0.15) is 0 Å². The van der Waals surface area contributed by atoms with Gasteiger partial charge in [0.05, 0.1) is 11.0 Å². The van der Waals surface area contributed by atoms with Crippen molar-refractivity contribution >= 4 is 23.2 Å². The predicted octanol–water partition coefficient (Wildman–Crippen LogP) is 2.50. The molecule has 1 atom stereocenters. The molecule has 6 nitrogen and oxygen atoms in total. The SMILES string of the molecule is CC(C)CNC(=O)C(C)NCc1cc(Cl)ccc1[N+](=O)[O-]. The summed E-state index contributed by atoms with van der Waals surface area (Å²) in [5.41, 5.74) is 0.442. The lowest BCUT2D eigenvalue weighted by molar-refractivity contribution is -0.385. The van der Waals surface area contributed by atoms with Gasteiger partial charge in [0.25, 0.3) is 5.69 Å². The standard InChI is InChI=1S/C14H20ClN3O3/c1-9(2)7-17-14(19)10(3)16-8-11-6-12(15)4-5-13(11)18(20)21/h4-6,9-10,16H,7-8H2,1-3H3,(H,17,19). The molecule has 0 bridgehead atoms. The second kappa shape index (κ2) is 7.95. The molecule has 0 fully saturated rings. The van der Waals surface area contributed by atoms with Crippen LogP contribution in [-0.2, 0) is 11.3 Å². The number of nitro benzene ring substituents is 1. The van der Waals surface area contributed by atoms with Crippen molar-refractivity contribution < 1.29 is 9.72 Å². The summed E-state index contributed by atoms with van der Waals surface area (Å²) < 4.78 is 0. The van der Waals surface area contributed by atoms with Crippen LogP contribution in [0.25, 0.3) is 0 Å². The van der Waals surface area contributed by atoms with Crippen LogP contribution < -0.4 is 10.6 Å². The molecule has 1 unspecified atom stereocenters. The molecular formula is C14H20ClN3O3. The van der Waals surface area contributed by atoms with Crippen LogP contribution in [0.4, 0.5) is 5.69 Å². The molecule has 1 aromatic carbocycles. The fourth-order valence-corrected chi connectivity index (χ4v) is 1.88. The Morgan fingerprint density at radius 1 is 1.38 bits per heavy atom. The summed E-state index contributed by atoms with van der Waals surface area (Å²) >= 11 is 5.85. The Hall–Kier alpha value is -1.66. The number of carbonyl (C=O) groups excluding carboxylic acids is 1. The third kappa shape index (κ3) is 5.69. The highest BCUT2D eigenvalue weighted by atomic mass is 35.5. The normalized spacial score (nSPS) is 12.2. The van der Waals surface area contributed by atoms with Gasteiger partial charge in [0.15, 0.2) is 0 Å². The molecule has 0 aromatic heterocycles. The zero-order valence-corrected chi connectivity index (χ0v) is 13.1. The fraction of sp³-hybridized carbons (Fsp3) is 0.500. The molecule has 0 heterocycles. The van der Waals surface area contributed by atoms with E-state index in [2.05, 4.69) is 10.6 Å². The second-order valence-electron chi connectivity index (χ2n) is 5.27. The van der Waals surface area contributed by atoms with E-state index in [9.17, 15) is 14.9 Å². The number of nitrogens with zero attached hydrogens (tertiary/aromatic N) is 1. The molecule has 0 aliphatic carbocycles. The van der Waals surface area contributed by atoms with E-state index in [-0.39, 0.29) is 18.1 Å². The summed E-state index contributed by atoms with van der Waals surface area (Å²) in [5, 5.41) is 17.1. The molecule has 0 saturated heterocycles.